The highest BCUT2D eigenvalue weighted by molar-refractivity contribution is 5.85. The van der Waals surface area contributed by atoms with Gasteiger partial charge < -0.3 is 9.80 Å². The number of anilines is 3. The van der Waals surface area contributed by atoms with Crippen molar-refractivity contribution < 1.29 is 0 Å². The minimum absolute atomic E-state index is 0.347. The van der Waals surface area contributed by atoms with Gasteiger partial charge >= 0.3 is 0 Å². The van der Waals surface area contributed by atoms with Gasteiger partial charge in [0, 0.05) is 43.2 Å². The summed E-state index contributed by atoms with van der Waals surface area (Å²) in [6, 6.07) is 29.8. The number of benzene rings is 3. The lowest BCUT2D eigenvalue weighted by Gasteiger charge is -2.37. The fourth-order valence-corrected chi connectivity index (χ4v) is 7.10. The van der Waals surface area contributed by atoms with E-state index in [0.717, 1.165) is 61.9 Å². The molecule has 0 N–H and O–H groups in total. The van der Waals surface area contributed by atoms with Gasteiger partial charge in [0.1, 0.15) is 12.2 Å². The Morgan fingerprint density at radius 3 is 2.00 bits per heavy atom. The summed E-state index contributed by atoms with van der Waals surface area (Å²) in [6.07, 6.45) is 8.15. The van der Waals surface area contributed by atoms with Gasteiger partial charge in [-0.2, -0.15) is 5.10 Å². The lowest BCUT2D eigenvalue weighted by molar-refractivity contribution is 0.286. The molecule has 1 saturated heterocycles. The second-order valence-electron chi connectivity index (χ2n) is 12.6. The number of rotatable bonds is 9. The smallest absolute Gasteiger partial charge is 0.128 e. The molecule has 3 aliphatic rings. The largest absolute Gasteiger partial charge is 0.368 e. The van der Waals surface area contributed by atoms with E-state index in [1.807, 2.05) is 11.3 Å². The Labute approximate surface area is 253 Å². The van der Waals surface area contributed by atoms with Gasteiger partial charge in [-0.1, -0.05) is 62.9 Å². The Hall–Kier alpha value is -3.73. The SMILES string of the molecule is C=C1N(c2ccc(N3CCN(c4ccc(CC(C)[C@@H]5CCC(c6ccccc6)C5)cc4)CC3)cc2)C=NN1C(C)CC. The zero-order valence-corrected chi connectivity index (χ0v) is 25.7. The van der Waals surface area contributed by atoms with E-state index in [0.29, 0.717) is 6.04 Å². The van der Waals surface area contributed by atoms with Crippen molar-refractivity contribution in [1.82, 2.24) is 5.01 Å². The molecule has 3 aromatic rings. The maximum atomic E-state index is 4.56. The molecule has 0 radical (unpaired) electrons. The molecule has 0 spiro atoms. The maximum absolute atomic E-state index is 4.56. The van der Waals surface area contributed by atoms with Crippen molar-refractivity contribution in [2.45, 2.75) is 64.8 Å². The highest BCUT2D eigenvalue weighted by Crippen LogP contribution is 2.42. The van der Waals surface area contributed by atoms with Gasteiger partial charge in [-0.05, 0) is 104 Å². The predicted molar refractivity (Wildman–Crippen MR) is 178 cm³/mol. The van der Waals surface area contributed by atoms with E-state index < -0.39 is 0 Å². The highest BCUT2D eigenvalue weighted by atomic mass is 15.6. The van der Waals surface area contributed by atoms with Crippen molar-refractivity contribution in [3.63, 3.8) is 0 Å². The molecule has 0 aromatic heterocycles. The summed E-state index contributed by atoms with van der Waals surface area (Å²) >= 11 is 0. The first-order valence-electron chi connectivity index (χ1n) is 16.1. The number of hydrazone groups is 1. The van der Waals surface area contributed by atoms with Crippen LogP contribution in [0.1, 0.15) is 63.5 Å². The van der Waals surface area contributed by atoms with Crippen molar-refractivity contribution in [2.75, 3.05) is 40.9 Å². The normalized spacial score (nSPS) is 22.2. The molecule has 1 saturated carbocycles. The molecule has 5 heteroatoms. The van der Waals surface area contributed by atoms with Gasteiger partial charge in [-0.15, -0.1) is 0 Å². The number of piperazine rings is 1. The summed E-state index contributed by atoms with van der Waals surface area (Å²) in [4.78, 5) is 7.11. The van der Waals surface area contributed by atoms with Crippen LogP contribution in [-0.2, 0) is 6.42 Å². The predicted octanol–water partition coefficient (Wildman–Crippen LogP) is 8.11. The molecule has 6 rings (SSSR count). The molecule has 3 unspecified atom stereocenters. The third-order valence-electron chi connectivity index (χ3n) is 10.0. The molecule has 2 fully saturated rings. The molecule has 1 aliphatic carbocycles. The molecule has 2 aliphatic heterocycles. The molecule has 42 heavy (non-hydrogen) atoms. The van der Waals surface area contributed by atoms with Crippen LogP contribution in [0.4, 0.5) is 17.1 Å². The van der Waals surface area contributed by atoms with E-state index in [-0.39, 0.29) is 0 Å². The first-order valence-corrected chi connectivity index (χ1v) is 16.1. The van der Waals surface area contributed by atoms with Crippen LogP contribution < -0.4 is 14.7 Å². The van der Waals surface area contributed by atoms with E-state index >= 15 is 0 Å². The summed E-state index contributed by atoms with van der Waals surface area (Å²) < 4.78 is 0. The van der Waals surface area contributed by atoms with E-state index in [1.54, 1.807) is 0 Å². The van der Waals surface area contributed by atoms with Gasteiger partial charge in [0.05, 0.1) is 6.04 Å². The summed E-state index contributed by atoms with van der Waals surface area (Å²) in [5, 5.41) is 6.57. The van der Waals surface area contributed by atoms with Crippen LogP contribution in [0.2, 0.25) is 0 Å². The van der Waals surface area contributed by atoms with Crippen molar-refractivity contribution in [3.05, 3.63) is 102 Å². The minimum Gasteiger partial charge on any atom is -0.368 e. The second-order valence-corrected chi connectivity index (χ2v) is 12.6. The summed E-state index contributed by atoms with van der Waals surface area (Å²) in [5.74, 6) is 3.23. The van der Waals surface area contributed by atoms with E-state index in [4.69, 9.17) is 0 Å². The molecule has 4 atom stereocenters. The van der Waals surface area contributed by atoms with Gasteiger partial charge in [0.2, 0.25) is 0 Å². The topological polar surface area (TPSA) is 25.3 Å². The van der Waals surface area contributed by atoms with Gasteiger partial charge in [0.25, 0.3) is 0 Å². The van der Waals surface area contributed by atoms with Crippen LogP contribution in [0.15, 0.2) is 96.4 Å². The van der Waals surface area contributed by atoms with Crippen LogP contribution in [0, 0.1) is 11.8 Å². The zero-order valence-electron chi connectivity index (χ0n) is 25.7. The lowest BCUT2D eigenvalue weighted by Crippen LogP contribution is -2.46. The first-order chi connectivity index (χ1) is 20.5. The van der Waals surface area contributed by atoms with Crippen LogP contribution >= 0.6 is 0 Å². The Morgan fingerprint density at radius 1 is 0.786 bits per heavy atom. The Balaban J connectivity index is 0.981. The monoisotopic (exact) mass is 561 g/mol. The molecule has 3 aromatic carbocycles. The number of hydrogen-bond acceptors (Lipinski definition) is 5. The van der Waals surface area contributed by atoms with E-state index in [2.05, 4.69) is 126 Å². The average molecular weight is 562 g/mol. The Kier molecular flexibility index (Phi) is 8.55. The van der Waals surface area contributed by atoms with E-state index in [1.165, 1.54) is 48.2 Å². The quantitative estimate of drug-likeness (QED) is 0.263. The standard InChI is InChI=1S/C37H47N5/c1-5-29(3)42-30(4)41(27-38-42)37-19-17-36(18-20-37)40-23-21-39(22-24-40)35-15-11-31(12-16-35)25-28(2)33-13-14-34(26-33)32-9-7-6-8-10-32/h6-12,15-20,27-29,33-34H,4-5,13-14,21-26H2,1-3H3/t28?,29?,33-,34?/m1/s1. The van der Waals surface area contributed by atoms with Crippen molar-refractivity contribution in [3.8, 4) is 0 Å². The number of nitrogens with zero attached hydrogens (tertiary/aromatic N) is 5. The Morgan fingerprint density at radius 2 is 1.38 bits per heavy atom. The molecular weight excluding hydrogens is 514 g/mol. The van der Waals surface area contributed by atoms with Crippen molar-refractivity contribution in [1.29, 1.82) is 0 Å². The molecule has 2 heterocycles. The minimum atomic E-state index is 0.347. The molecule has 0 bridgehead atoms. The van der Waals surface area contributed by atoms with Crippen molar-refractivity contribution in [2.24, 2.45) is 16.9 Å². The van der Waals surface area contributed by atoms with Gasteiger partial charge in [-0.3, -0.25) is 4.90 Å². The molecule has 0 amide bonds. The van der Waals surface area contributed by atoms with E-state index in [9.17, 15) is 0 Å². The van der Waals surface area contributed by atoms with Crippen molar-refractivity contribution >= 4 is 23.4 Å². The Bertz CT molecular complexity index is 1340. The van der Waals surface area contributed by atoms with Gasteiger partial charge in [0.15, 0.2) is 0 Å². The summed E-state index contributed by atoms with van der Waals surface area (Å²) in [5.41, 5.74) is 6.75. The van der Waals surface area contributed by atoms with Crippen LogP contribution in [0.3, 0.4) is 0 Å². The average Bonchev–Trinajstić information content (AvgIpc) is 3.69. The molecular formula is C37H47N5. The van der Waals surface area contributed by atoms with Crippen LogP contribution in [0.5, 0.6) is 0 Å². The molecule has 5 nitrogen and oxygen atoms in total. The summed E-state index contributed by atoms with van der Waals surface area (Å²) in [7, 11) is 0. The third-order valence-corrected chi connectivity index (χ3v) is 10.0. The highest BCUT2D eigenvalue weighted by Gasteiger charge is 2.29. The fraction of sp³-hybridized carbons (Fsp3) is 0.432. The zero-order chi connectivity index (χ0) is 29.1. The maximum Gasteiger partial charge on any atom is 0.128 e. The lowest BCUT2D eigenvalue weighted by atomic mass is 9.86. The third kappa shape index (κ3) is 6.06. The molecule has 220 valence electrons. The fourth-order valence-electron chi connectivity index (χ4n) is 7.10. The van der Waals surface area contributed by atoms with Gasteiger partial charge in [-0.25, -0.2) is 5.01 Å². The van der Waals surface area contributed by atoms with Crippen LogP contribution in [-0.4, -0.2) is 43.6 Å². The van der Waals surface area contributed by atoms with Crippen LogP contribution in [0.25, 0.3) is 0 Å². The number of hydrogen-bond donors (Lipinski definition) is 0. The first kappa shape index (κ1) is 28.4. The summed E-state index contributed by atoms with van der Waals surface area (Å²) in [6.45, 7) is 15.2. The second kappa shape index (κ2) is 12.6.